The zero-order valence-electron chi connectivity index (χ0n) is 17.0. The highest BCUT2D eigenvalue weighted by atomic mass is 19.3. The number of guanidine groups is 1. The van der Waals surface area contributed by atoms with Crippen LogP contribution < -0.4 is 20.1 Å². The lowest BCUT2D eigenvalue weighted by Gasteiger charge is -2.21. The van der Waals surface area contributed by atoms with Crippen molar-refractivity contribution in [1.82, 2.24) is 15.5 Å². The highest BCUT2D eigenvalue weighted by Gasteiger charge is 2.22. The standard InChI is InChI=1S/C20H32F2N4O2/c1-4-23-20(25-14-16-7-6-12-26(16)5-2)24-11-10-15-8-9-17(27-3)18(13-15)28-19(21)22/h8-9,13,16,19H,4-7,10-12,14H2,1-3H3,(H2,23,24,25). The number of nitrogens with zero attached hydrogens (tertiary/aromatic N) is 2. The molecule has 2 rings (SSSR count). The van der Waals surface area contributed by atoms with Gasteiger partial charge in [-0.05, 0) is 57.0 Å². The fourth-order valence-corrected chi connectivity index (χ4v) is 3.45. The molecule has 1 atom stereocenters. The molecule has 1 aliphatic rings. The summed E-state index contributed by atoms with van der Waals surface area (Å²) in [5.41, 5.74) is 0.882. The van der Waals surface area contributed by atoms with Gasteiger partial charge in [-0.3, -0.25) is 9.89 Å². The number of rotatable bonds is 10. The van der Waals surface area contributed by atoms with Crippen molar-refractivity contribution in [3.63, 3.8) is 0 Å². The van der Waals surface area contributed by atoms with Crippen LogP contribution in [0, 0.1) is 0 Å². The van der Waals surface area contributed by atoms with Crippen LogP contribution in [0.25, 0.3) is 0 Å². The predicted octanol–water partition coefficient (Wildman–Crippen LogP) is 2.88. The summed E-state index contributed by atoms with van der Waals surface area (Å²) in [5.74, 6) is 1.13. The Morgan fingerprint density at radius 1 is 1.29 bits per heavy atom. The van der Waals surface area contributed by atoms with Crippen molar-refractivity contribution in [2.45, 2.75) is 45.8 Å². The van der Waals surface area contributed by atoms with E-state index in [0.717, 1.165) is 37.7 Å². The van der Waals surface area contributed by atoms with E-state index in [0.29, 0.717) is 24.8 Å². The number of methoxy groups -OCH3 is 1. The van der Waals surface area contributed by atoms with E-state index in [4.69, 9.17) is 9.73 Å². The van der Waals surface area contributed by atoms with Crippen LogP contribution in [0.2, 0.25) is 0 Å². The molecular formula is C20H32F2N4O2. The van der Waals surface area contributed by atoms with Gasteiger partial charge in [0, 0.05) is 19.1 Å². The van der Waals surface area contributed by atoms with Crippen LogP contribution in [0.1, 0.15) is 32.3 Å². The molecule has 0 bridgehead atoms. The van der Waals surface area contributed by atoms with Crippen LogP contribution in [0.5, 0.6) is 11.5 Å². The number of hydrogen-bond acceptors (Lipinski definition) is 4. The number of likely N-dealkylation sites (tertiary alicyclic amines) is 1. The van der Waals surface area contributed by atoms with E-state index in [1.807, 2.05) is 13.0 Å². The average Bonchev–Trinajstić information content (AvgIpc) is 3.13. The van der Waals surface area contributed by atoms with Gasteiger partial charge in [0.25, 0.3) is 0 Å². The molecule has 1 aliphatic heterocycles. The van der Waals surface area contributed by atoms with E-state index in [9.17, 15) is 8.78 Å². The fraction of sp³-hybridized carbons (Fsp3) is 0.650. The summed E-state index contributed by atoms with van der Waals surface area (Å²) >= 11 is 0. The Labute approximate surface area is 166 Å². The largest absolute Gasteiger partial charge is 0.493 e. The first-order valence-corrected chi connectivity index (χ1v) is 9.95. The number of alkyl halides is 2. The van der Waals surface area contributed by atoms with Crippen LogP contribution >= 0.6 is 0 Å². The van der Waals surface area contributed by atoms with Gasteiger partial charge in [-0.25, -0.2) is 0 Å². The molecule has 0 saturated carbocycles. The molecule has 1 saturated heterocycles. The predicted molar refractivity (Wildman–Crippen MR) is 108 cm³/mol. The lowest BCUT2D eigenvalue weighted by atomic mass is 10.1. The Hall–Kier alpha value is -2.09. The maximum atomic E-state index is 12.6. The minimum atomic E-state index is -2.88. The Kier molecular flexibility index (Phi) is 9.27. The molecule has 0 radical (unpaired) electrons. The molecule has 1 unspecified atom stereocenters. The Morgan fingerprint density at radius 2 is 2.11 bits per heavy atom. The highest BCUT2D eigenvalue weighted by Crippen LogP contribution is 2.29. The van der Waals surface area contributed by atoms with Gasteiger partial charge in [-0.2, -0.15) is 8.78 Å². The van der Waals surface area contributed by atoms with E-state index in [1.165, 1.54) is 20.0 Å². The van der Waals surface area contributed by atoms with Crippen LogP contribution in [0.3, 0.4) is 0 Å². The van der Waals surface area contributed by atoms with Gasteiger partial charge in [0.2, 0.25) is 0 Å². The molecule has 28 heavy (non-hydrogen) atoms. The zero-order valence-corrected chi connectivity index (χ0v) is 17.0. The molecule has 0 aromatic heterocycles. The minimum absolute atomic E-state index is 0.0523. The second kappa shape index (κ2) is 11.7. The Morgan fingerprint density at radius 3 is 2.79 bits per heavy atom. The summed E-state index contributed by atoms with van der Waals surface area (Å²) < 4.78 is 34.7. The molecule has 0 aliphatic carbocycles. The maximum Gasteiger partial charge on any atom is 0.387 e. The zero-order chi connectivity index (χ0) is 20.4. The van der Waals surface area contributed by atoms with Gasteiger partial charge in [-0.15, -0.1) is 0 Å². The summed E-state index contributed by atoms with van der Waals surface area (Å²) in [6.07, 6.45) is 3.08. The molecule has 0 amide bonds. The number of ether oxygens (including phenoxy) is 2. The molecule has 8 heteroatoms. The molecular weight excluding hydrogens is 366 g/mol. The van der Waals surface area contributed by atoms with Gasteiger partial charge < -0.3 is 20.1 Å². The summed E-state index contributed by atoms with van der Waals surface area (Å²) in [6.45, 7) is 5.74. The molecule has 1 fully saturated rings. The number of halogens is 2. The first-order chi connectivity index (χ1) is 13.6. The second-order valence-electron chi connectivity index (χ2n) is 6.68. The van der Waals surface area contributed by atoms with Crippen molar-refractivity contribution < 1.29 is 18.3 Å². The summed E-state index contributed by atoms with van der Waals surface area (Å²) in [5, 5.41) is 6.57. The number of aliphatic imine (C=N–C) groups is 1. The minimum Gasteiger partial charge on any atom is -0.493 e. The molecule has 1 aromatic carbocycles. The first kappa shape index (κ1) is 22.2. The summed E-state index contributed by atoms with van der Waals surface area (Å²) in [4.78, 5) is 7.19. The molecule has 158 valence electrons. The van der Waals surface area contributed by atoms with E-state index >= 15 is 0 Å². The lowest BCUT2D eigenvalue weighted by molar-refractivity contribution is -0.0512. The maximum absolute atomic E-state index is 12.6. The Balaban J connectivity index is 1.90. The third kappa shape index (κ3) is 6.82. The van der Waals surface area contributed by atoms with Crippen molar-refractivity contribution in [2.75, 3.05) is 39.8 Å². The second-order valence-corrected chi connectivity index (χ2v) is 6.68. The van der Waals surface area contributed by atoms with Crippen molar-refractivity contribution in [2.24, 2.45) is 4.99 Å². The number of nitrogens with one attached hydrogen (secondary N) is 2. The van der Waals surface area contributed by atoms with Crippen LogP contribution in [-0.2, 0) is 6.42 Å². The van der Waals surface area contributed by atoms with E-state index in [2.05, 4.69) is 27.2 Å². The van der Waals surface area contributed by atoms with Gasteiger partial charge in [0.1, 0.15) is 0 Å². The third-order valence-corrected chi connectivity index (χ3v) is 4.86. The first-order valence-electron chi connectivity index (χ1n) is 9.95. The van der Waals surface area contributed by atoms with Crippen molar-refractivity contribution in [3.05, 3.63) is 23.8 Å². The van der Waals surface area contributed by atoms with Crippen LogP contribution in [0.4, 0.5) is 8.78 Å². The van der Waals surface area contributed by atoms with Gasteiger partial charge >= 0.3 is 6.61 Å². The van der Waals surface area contributed by atoms with Gasteiger partial charge in [-0.1, -0.05) is 13.0 Å². The summed E-state index contributed by atoms with van der Waals surface area (Å²) in [7, 11) is 1.43. The quantitative estimate of drug-likeness (QED) is 0.469. The van der Waals surface area contributed by atoms with Crippen molar-refractivity contribution >= 4 is 5.96 Å². The van der Waals surface area contributed by atoms with Crippen molar-refractivity contribution in [3.8, 4) is 11.5 Å². The third-order valence-electron chi connectivity index (χ3n) is 4.86. The Bertz CT molecular complexity index is 628. The highest BCUT2D eigenvalue weighted by molar-refractivity contribution is 5.79. The molecule has 6 nitrogen and oxygen atoms in total. The number of hydrogen-bond donors (Lipinski definition) is 2. The molecule has 1 heterocycles. The molecule has 0 spiro atoms. The lowest BCUT2D eigenvalue weighted by Crippen LogP contribution is -2.40. The van der Waals surface area contributed by atoms with Gasteiger partial charge in [0.05, 0.1) is 13.7 Å². The fourth-order valence-electron chi connectivity index (χ4n) is 3.45. The number of likely N-dealkylation sites (N-methyl/N-ethyl adjacent to an activating group) is 1. The topological polar surface area (TPSA) is 58.1 Å². The van der Waals surface area contributed by atoms with E-state index in [-0.39, 0.29) is 5.75 Å². The van der Waals surface area contributed by atoms with E-state index < -0.39 is 6.61 Å². The average molecular weight is 398 g/mol. The van der Waals surface area contributed by atoms with Crippen molar-refractivity contribution in [1.29, 1.82) is 0 Å². The smallest absolute Gasteiger partial charge is 0.387 e. The van der Waals surface area contributed by atoms with E-state index in [1.54, 1.807) is 12.1 Å². The van der Waals surface area contributed by atoms with Crippen LogP contribution in [0.15, 0.2) is 23.2 Å². The summed E-state index contributed by atoms with van der Waals surface area (Å²) in [6, 6.07) is 5.59. The number of benzene rings is 1. The van der Waals surface area contributed by atoms with Gasteiger partial charge in [0.15, 0.2) is 17.5 Å². The SMILES string of the molecule is CCNC(=NCC1CCCN1CC)NCCc1ccc(OC)c(OC(F)F)c1. The molecule has 2 N–H and O–H groups in total. The molecule has 1 aromatic rings. The monoisotopic (exact) mass is 398 g/mol. The normalized spacial score (nSPS) is 17.8. The van der Waals surface area contributed by atoms with Crippen LogP contribution in [-0.4, -0.2) is 63.3 Å².